The van der Waals surface area contributed by atoms with Crippen LogP contribution in [0.1, 0.15) is 24.5 Å². The molecule has 1 aromatic carbocycles. The van der Waals surface area contributed by atoms with Gasteiger partial charge in [0.2, 0.25) is 6.29 Å². The Labute approximate surface area is 140 Å². The Balaban J connectivity index is 1.76. The van der Waals surface area contributed by atoms with Gasteiger partial charge in [0.15, 0.2) is 11.5 Å². The van der Waals surface area contributed by atoms with Crippen LogP contribution in [0, 0.1) is 0 Å². The van der Waals surface area contributed by atoms with Gasteiger partial charge >= 0.3 is 0 Å². The Morgan fingerprint density at radius 3 is 2.67 bits per heavy atom. The van der Waals surface area contributed by atoms with E-state index in [4.69, 9.17) is 9.47 Å². The van der Waals surface area contributed by atoms with E-state index in [1.807, 2.05) is 0 Å². The summed E-state index contributed by atoms with van der Waals surface area (Å²) in [6, 6.07) is 4.66. The van der Waals surface area contributed by atoms with Crippen molar-refractivity contribution in [2.45, 2.75) is 25.0 Å². The van der Waals surface area contributed by atoms with Gasteiger partial charge in [0, 0.05) is 6.54 Å². The fraction of sp³-hybridized carbons (Fsp3) is 0.529. The fourth-order valence-electron chi connectivity index (χ4n) is 3.16. The zero-order valence-electron chi connectivity index (χ0n) is 13.4. The molecule has 1 saturated heterocycles. The number of aldehydes is 1. The average Bonchev–Trinajstić information content (AvgIpc) is 3.13. The molecule has 2 atom stereocenters. The summed E-state index contributed by atoms with van der Waals surface area (Å²) in [5, 5.41) is 13.3. The van der Waals surface area contributed by atoms with E-state index >= 15 is 0 Å². The number of hydrogen-bond acceptors (Lipinski definition) is 6. The van der Waals surface area contributed by atoms with E-state index in [0.29, 0.717) is 36.8 Å². The third kappa shape index (κ3) is 3.85. The molecule has 0 aromatic heterocycles. The summed E-state index contributed by atoms with van der Waals surface area (Å²) in [4.78, 5) is 24.4. The fourth-order valence-corrected chi connectivity index (χ4v) is 3.16. The first kappa shape index (κ1) is 16.7. The topological polar surface area (TPSA) is 88.1 Å². The lowest BCUT2D eigenvalue weighted by Crippen LogP contribution is -2.47. The molecule has 7 nitrogen and oxygen atoms in total. The average molecular weight is 334 g/mol. The molecule has 0 aliphatic carbocycles. The first-order chi connectivity index (χ1) is 11.7. The zero-order valence-corrected chi connectivity index (χ0v) is 13.4. The van der Waals surface area contributed by atoms with Crippen molar-refractivity contribution in [3.63, 3.8) is 0 Å². The van der Waals surface area contributed by atoms with Crippen molar-refractivity contribution in [3.05, 3.63) is 23.8 Å². The number of fused-ring (bicyclic) bond motifs is 1. The van der Waals surface area contributed by atoms with E-state index in [-0.39, 0.29) is 6.29 Å². The number of ether oxygens (including phenoxy) is 2. The number of likely N-dealkylation sites (tertiary alicyclic amines) is 1. The number of carbonyl (C=O) groups is 2. The van der Waals surface area contributed by atoms with E-state index in [2.05, 4.69) is 10.2 Å². The maximum atomic E-state index is 11.5. The Bertz CT molecular complexity index is 601. The molecular weight excluding hydrogens is 312 g/mol. The minimum Gasteiger partial charge on any atom is -0.486 e. The predicted molar refractivity (Wildman–Crippen MR) is 86.1 cm³/mol. The van der Waals surface area contributed by atoms with Crippen molar-refractivity contribution in [2.75, 3.05) is 32.8 Å². The highest BCUT2D eigenvalue weighted by atomic mass is 16.6. The van der Waals surface area contributed by atoms with Crippen molar-refractivity contribution in [2.24, 2.45) is 0 Å². The highest BCUT2D eigenvalue weighted by Crippen LogP contribution is 2.33. The summed E-state index contributed by atoms with van der Waals surface area (Å²) in [6.45, 7) is 3.32. The Kier molecular flexibility index (Phi) is 5.32. The van der Waals surface area contributed by atoms with E-state index in [9.17, 15) is 14.7 Å². The number of rotatable bonds is 6. The third-order valence-corrected chi connectivity index (χ3v) is 4.38. The van der Waals surface area contributed by atoms with Crippen molar-refractivity contribution in [1.29, 1.82) is 0 Å². The third-order valence-electron chi connectivity index (χ3n) is 4.38. The lowest BCUT2D eigenvalue weighted by Gasteiger charge is -2.28. The van der Waals surface area contributed by atoms with Crippen LogP contribution in [0.15, 0.2) is 18.2 Å². The van der Waals surface area contributed by atoms with Gasteiger partial charge in [-0.2, -0.15) is 0 Å². The number of nitrogens with zero attached hydrogens (tertiary/aromatic N) is 1. The number of benzene rings is 1. The first-order valence-corrected chi connectivity index (χ1v) is 8.23. The van der Waals surface area contributed by atoms with Crippen molar-refractivity contribution in [3.8, 4) is 11.5 Å². The van der Waals surface area contributed by atoms with Crippen LogP contribution in [0.2, 0.25) is 0 Å². The predicted octanol–water partition coefficient (Wildman–Crippen LogP) is 0.271. The molecule has 3 rings (SSSR count). The Morgan fingerprint density at radius 1 is 1.25 bits per heavy atom. The molecule has 0 spiro atoms. The van der Waals surface area contributed by atoms with Crippen molar-refractivity contribution < 1.29 is 24.2 Å². The van der Waals surface area contributed by atoms with Gasteiger partial charge in [-0.3, -0.25) is 9.59 Å². The van der Waals surface area contributed by atoms with Gasteiger partial charge in [0.05, 0.1) is 6.04 Å². The van der Waals surface area contributed by atoms with E-state index < -0.39 is 18.1 Å². The van der Waals surface area contributed by atoms with Gasteiger partial charge in [-0.15, -0.1) is 0 Å². The second-order valence-electron chi connectivity index (χ2n) is 6.09. The van der Waals surface area contributed by atoms with Gasteiger partial charge in [-0.25, -0.2) is 0 Å². The molecule has 1 amide bonds. The number of amides is 1. The second kappa shape index (κ2) is 7.63. The van der Waals surface area contributed by atoms with Crippen LogP contribution in [0.25, 0.3) is 0 Å². The van der Waals surface area contributed by atoms with Crippen LogP contribution in [0.3, 0.4) is 0 Å². The monoisotopic (exact) mass is 334 g/mol. The van der Waals surface area contributed by atoms with E-state index in [1.165, 1.54) is 0 Å². The van der Waals surface area contributed by atoms with Crippen molar-refractivity contribution in [1.82, 2.24) is 10.2 Å². The second-order valence-corrected chi connectivity index (χ2v) is 6.09. The molecule has 0 saturated carbocycles. The highest BCUT2D eigenvalue weighted by molar-refractivity contribution is 6.23. The zero-order chi connectivity index (χ0) is 16.9. The number of aliphatic hydroxyl groups excluding tert-OH is 1. The molecule has 130 valence electrons. The maximum absolute atomic E-state index is 11.5. The standard InChI is InChI=1S/C17H22N2O5/c20-11-16(21)18-13(10-19-5-1-2-6-19)17(22)12-3-4-14-15(9-12)24-8-7-23-14/h3-4,9,11,13,17,22H,1-2,5-8,10H2,(H,18,21)/t13-,17-/m1/s1. The summed E-state index contributed by atoms with van der Waals surface area (Å²) < 4.78 is 11.0. The highest BCUT2D eigenvalue weighted by Gasteiger charge is 2.27. The summed E-state index contributed by atoms with van der Waals surface area (Å²) in [5.74, 6) is 0.500. The van der Waals surface area contributed by atoms with E-state index in [1.54, 1.807) is 18.2 Å². The van der Waals surface area contributed by atoms with E-state index in [0.717, 1.165) is 25.9 Å². The molecule has 1 aromatic rings. The largest absolute Gasteiger partial charge is 0.486 e. The molecule has 2 N–H and O–H groups in total. The summed E-state index contributed by atoms with van der Waals surface area (Å²) in [5.41, 5.74) is 0.620. The number of carbonyl (C=O) groups excluding carboxylic acids is 2. The summed E-state index contributed by atoms with van der Waals surface area (Å²) >= 11 is 0. The van der Waals surface area contributed by atoms with Gasteiger partial charge < -0.3 is 24.8 Å². The minimum absolute atomic E-state index is 0.230. The number of hydrogen-bond donors (Lipinski definition) is 2. The minimum atomic E-state index is -0.940. The van der Waals surface area contributed by atoms with Crippen LogP contribution >= 0.6 is 0 Å². The normalized spacial score (nSPS) is 19.5. The molecular formula is C17H22N2O5. The van der Waals surface area contributed by atoms with Gasteiger partial charge in [-0.1, -0.05) is 6.07 Å². The lowest BCUT2D eigenvalue weighted by molar-refractivity contribution is -0.132. The summed E-state index contributed by atoms with van der Waals surface area (Å²) in [7, 11) is 0. The molecule has 2 heterocycles. The molecule has 1 fully saturated rings. The van der Waals surface area contributed by atoms with Gasteiger partial charge in [0.1, 0.15) is 19.3 Å². The summed E-state index contributed by atoms with van der Waals surface area (Å²) in [6.07, 6.45) is 1.50. The molecule has 7 heteroatoms. The van der Waals surface area contributed by atoms with Crippen LogP contribution < -0.4 is 14.8 Å². The smallest absolute Gasteiger partial charge is 0.284 e. The molecule has 0 bridgehead atoms. The maximum Gasteiger partial charge on any atom is 0.284 e. The number of nitrogens with one attached hydrogen (secondary N) is 1. The molecule has 0 radical (unpaired) electrons. The quantitative estimate of drug-likeness (QED) is 0.574. The van der Waals surface area contributed by atoms with Gasteiger partial charge in [0.25, 0.3) is 5.91 Å². The Morgan fingerprint density at radius 2 is 1.96 bits per heavy atom. The van der Waals surface area contributed by atoms with Crippen LogP contribution in [0.4, 0.5) is 0 Å². The van der Waals surface area contributed by atoms with Gasteiger partial charge in [-0.05, 0) is 43.6 Å². The Hall–Kier alpha value is -2.12. The lowest BCUT2D eigenvalue weighted by atomic mass is 10.0. The molecule has 24 heavy (non-hydrogen) atoms. The number of aliphatic hydroxyl groups is 1. The SMILES string of the molecule is O=CC(=O)N[C@H](CN1CCCC1)[C@H](O)c1ccc2c(c1)OCCO2. The molecule has 0 unspecified atom stereocenters. The first-order valence-electron chi connectivity index (χ1n) is 8.23. The van der Waals surface area contributed by atoms with Crippen molar-refractivity contribution >= 4 is 12.2 Å². The van der Waals surface area contributed by atoms with Crippen LogP contribution in [-0.4, -0.2) is 61.1 Å². The molecule has 2 aliphatic heterocycles. The molecule has 2 aliphatic rings. The van der Waals surface area contributed by atoms with Crippen LogP contribution in [-0.2, 0) is 9.59 Å². The van der Waals surface area contributed by atoms with Crippen LogP contribution in [0.5, 0.6) is 11.5 Å².